The van der Waals surface area contributed by atoms with E-state index < -0.39 is 28.0 Å². The molecule has 114 valence electrons. The van der Waals surface area contributed by atoms with Gasteiger partial charge < -0.3 is 16.6 Å². The largest absolute Gasteiger partial charge is 0.399 e. The van der Waals surface area contributed by atoms with E-state index in [9.17, 15) is 13.9 Å². The molecule has 0 radical (unpaired) electrons. The maximum absolute atomic E-state index is 14.2. The van der Waals surface area contributed by atoms with E-state index in [1.54, 1.807) is 13.8 Å². The molecule has 1 aromatic rings. The van der Waals surface area contributed by atoms with Crippen molar-refractivity contribution in [3.8, 4) is 0 Å². The van der Waals surface area contributed by atoms with Crippen molar-refractivity contribution in [3.63, 3.8) is 0 Å². The zero-order chi connectivity index (χ0) is 15.6. The van der Waals surface area contributed by atoms with Gasteiger partial charge in [-0.15, -0.1) is 0 Å². The highest BCUT2D eigenvalue weighted by molar-refractivity contribution is 8.15. The van der Waals surface area contributed by atoms with Crippen LogP contribution in [0, 0.1) is 17.6 Å². The molecule has 4 atom stereocenters. The second-order valence-corrected chi connectivity index (χ2v) is 7.33. The summed E-state index contributed by atoms with van der Waals surface area (Å²) >= 11 is 1.31. The number of hydrogen-bond donors (Lipinski definition) is 3. The van der Waals surface area contributed by atoms with Crippen molar-refractivity contribution < 1.29 is 13.9 Å². The monoisotopic (exact) mass is 313 g/mol. The summed E-state index contributed by atoms with van der Waals surface area (Å²) in [5.74, 6) is -2.07. The van der Waals surface area contributed by atoms with Gasteiger partial charge in [-0.05, 0) is 32.4 Å². The van der Waals surface area contributed by atoms with Crippen molar-refractivity contribution in [2.24, 2.45) is 16.6 Å². The van der Waals surface area contributed by atoms with E-state index in [2.05, 4.69) is 4.99 Å². The van der Waals surface area contributed by atoms with Crippen LogP contribution >= 0.6 is 11.8 Å². The number of thioether (sulfide) groups is 1. The lowest BCUT2D eigenvalue weighted by Crippen LogP contribution is -2.40. The minimum atomic E-state index is -1.02. The summed E-state index contributed by atoms with van der Waals surface area (Å²) in [6, 6.07) is 2.35. The van der Waals surface area contributed by atoms with Gasteiger partial charge in [0, 0.05) is 17.2 Å². The Hall–Kier alpha value is -1.34. The molecule has 5 N–H and O–H groups in total. The summed E-state index contributed by atoms with van der Waals surface area (Å²) < 4.78 is 27.4. The number of nitrogens with two attached hydrogens (primary N) is 2. The van der Waals surface area contributed by atoms with E-state index >= 15 is 0 Å². The predicted octanol–water partition coefficient (Wildman–Crippen LogP) is 1.96. The first-order valence-electron chi connectivity index (χ1n) is 6.68. The van der Waals surface area contributed by atoms with Crippen LogP contribution in [0.1, 0.15) is 25.8 Å². The van der Waals surface area contributed by atoms with E-state index in [1.165, 1.54) is 17.8 Å². The third-order valence-electron chi connectivity index (χ3n) is 4.57. The molecule has 0 aromatic heterocycles. The van der Waals surface area contributed by atoms with Gasteiger partial charge in [0.2, 0.25) is 0 Å². The summed E-state index contributed by atoms with van der Waals surface area (Å²) in [5.41, 5.74) is 10.7. The number of amidine groups is 1. The normalized spacial score (nSPS) is 35.9. The van der Waals surface area contributed by atoms with Crippen molar-refractivity contribution in [1.29, 1.82) is 0 Å². The first-order chi connectivity index (χ1) is 9.70. The smallest absolute Gasteiger partial charge is 0.164 e. The molecule has 7 heteroatoms. The fourth-order valence-electron chi connectivity index (χ4n) is 3.34. The zero-order valence-electron chi connectivity index (χ0n) is 11.7. The molecule has 1 aliphatic heterocycles. The van der Waals surface area contributed by atoms with Crippen LogP contribution in [0.5, 0.6) is 0 Å². The van der Waals surface area contributed by atoms with Crippen LogP contribution in [0.4, 0.5) is 14.5 Å². The number of nitrogens with zero attached hydrogens (tertiary/aromatic N) is 1. The molecule has 0 bridgehead atoms. The lowest BCUT2D eigenvalue weighted by atomic mass is 9.84. The molecule has 3 rings (SSSR count). The Balaban J connectivity index is 2.16. The minimum Gasteiger partial charge on any atom is -0.399 e. The second kappa shape index (κ2) is 4.33. The topological polar surface area (TPSA) is 84.6 Å². The van der Waals surface area contributed by atoms with Gasteiger partial charge >= 0.3 is 0 Å². The third kappa shape index (κ3) is 1.94. The lowest BCUT2D eigenvalue weighted by Gasteiger charge is -2.35. The fraction of sp³-hybridized carbons (Fsp3) is 0.500. The number of fused-ring (bicyclic) bond motifs is 1. The number of aliphatic hydroxyl groups excluding tert-OH is 1. The molecule has 0 amide bonds. The Morgan fingerprint density at radius 2 is 2.10 bits per heavy atom. The summed E-state index contributed by atoms with van der Waals surface area (Å²) in [7, 11) is 0. The van der Waals surface area contributed by atoms with Crippen molar-refractivity contribution >= 4 is 22.6 Å². The SMILES string of the molecule is C[C@H](O)[C@@]12C[C@H]1[C@@](C)(c1cc(N)cc(F)c1F)N=C(N)S2. The lowest BCUT2D eigenvalue weighted by molar-refractivity contribution is 0.169. The van der Waals surface area contributed by atoms with Crippen LogP contribution in [-0.4, -0.2) is 21.1 Å². The summed E-state index contributed by atoms with van der Waals surface area (Å²) in [6.07, 6.45) is 0.0288. The molecule has 4 nitrogen and oxygen atoms in total. The van der Waals surface area contributed by atoms with E-state index in [1.807, 2.05) is 0 Å². The molecule has 1 aromatic carbocycles. The molecule has 1 fully saturated rings. The number of nitrogen functional groups attached to an aromatic ring is 1. The maximum atomic E-state index is 14.2. The first kappa shape index (κ1) is 14.6. The molecule has 1 saturated carbocycles. The van der Waals surface area contributed by atoms with Gasteiger partial charge in [-0.1, -0.05) is 11.8 Å². The number of anilines is 1. The molecule has 21 heavy (non-hydrogen) atoms. The Kier molecular flexibility index (Phi) is 3.01. The van der Waals surface area contributed by atoms with Crippen LogP contribution in [0.25, 0.3) is 0 Å². The number of halogens is 2. The zero-order valence-corrected chi connectivity index (χ0v) is 12.5. The first-order valence-corrected chi connectivity index (χ1v) is 7.50. The van der Waals surface area contributed by atoms with Crippen molar-refractivity contribution in [1.82, 2.24) is 0 Å². The average Bonchev–Trinajstić information content (AvgIpc) is 3.10. The van der Waals surface area contributed by atoms with Gasteiger partial charge in [-0.3, -0.25) is 4.99 Å². The highest BCUT2D eigenvalue weighted by Crippen LogP contribution is 2.67. The predicted molar refractivity (Wildman–Crippen MR) is 79.9 cm³/mol. The minimum absolute atomic E-state index is 0.0933. The van der Waals surface area contributed by atoms with Gasteiger partial charge in [-0.2, -0.15) is 0 Å². The van der Waals surface area contributed by atoms with Gasteiger partial charge in [0.25, 0.3) is 0 Å². The van der Waals surface area contributed by atoms with Crippen LogP contribution in [0.3, 0.4) is 0 Å². The fourth-order valence-corrected chi connectivity index (χ4v) is 4.76. The van der Waals surface area contributed by atoms with Crippen LogP contribution in [0.2, 0.25) is 0 Å². The molecule has 0 unspecified atom stereocenters. The third-order valence-corrected chi connectivity index (χ3v) is 6.04. The Morgan fingerprint density at radius 1 is 1.43 bits per heavy atom. The van der Waals surface area contributed by atoms with Crippen molar-refractivity contribution in [2.45, 2.75) is 36.7 Å². The van der Waals surface area contributed by atoms with E-state index in [0.717, 1.165) is 6.07 Å². The van der Waals surface area contributed by atoms with Gasteiger partial charge in [0.1, 0.15) is 0 Å². The average molecular weight is 313 g/mol. The van der Waals surface area contributed by atoms with Crippen LogP contribution in [-0.2, 0) is 5.54 Å². The van der Waals surface area contributed by atoms with E-state index in [-0.39, 0.29) is 22.3 Å². The van der Waals surface area contributed by atoms with E-state index in [0.29, 0.717) is 6.42 Å². The highest BCUT2D eigenvalue weighted by Gasteiger charge is 2.68. The summed E-state index contributed by atoms with van der Waals surface area (Å²) in [4.78, 5) is 4.36. The van der Waals surface area contributed by atoms with Crippen LogP contribution < -0.4 is 11.5 Å². The van der Waals surface area contributed by atoms with Gasteiger partial charge in [0.05, 0.1) is 16.4 Å². The summed E-state index contributed by atoms with van der Waals surface area (Å²) in [5, 5.41) is 10.3. The molecule has 1 aliphatic carbocycles. The Bertz CT molecular complexity index is 651. The number of hydrogen-bond acceptors (Lipinski definition) is 5. The standard InChI is InChI=1S/C14H17F2N3OS/c1-6(20)14-5-10(14)13(2,19-12(18)21-14)8-3-7(17)4-9(15)11(8)16/h3-4,6,10,20H,5,17H2,1-2H3,(H2,18,19)/t6-,10-,13+,14-/m0/s1. The molecule has 0 saturated heterocycles. The number of benzene rings is 1. The quantitative estimate of drug-likeness (QED) is 0.729. The summed E-state index contributed by atoms with van der Waals surface area (Å²) in [6.45, 7) is 3.40. The Labute approximate surface area is 125 Å². The van der Waals surface area contributed by atoms with Crippen LogP contribution in [0.15, 0.2) is 17.1 Å². The second-order valence-electron chi connectivity index (χ2n) is 5.95. The highest BCUT2D eigenvalue weighted by atomic mass is 32.2. The molecular formula is C14H17F2N3OS. The molecular weight excluding hydrogens is 296 g/mol. The number of aliphatic imine (C=N–C) groups is 1. The number of aliphatic hydroxyl groups is 1. The van der Waals surface area contributed by atoms with E-state index in [4.69, 9.17) is 11.5 Å². The number of rotatable bonds is 2. The van der Waals surface area contributed by atoms with Gasteiger partial charge in [0.15, 0.2) is 16.8 Å². The van der Waals surface area contributed by atoms with Crippen molar-refractivity contribution in [3.05, 3.63) is 29.3 Å². The molecule has 2 aliphatic rings. The molecule has 1 heterocycles. The Morgan fingerprint density at radius 3 is 2.71 bits per heavy atom. The maximum Gasteiger partial charge on any atom is 0.164 e. The molecule has 0 spiro atoms. The van der Waals surface area contributed by atoms with Gasteiger partial charge in [-0.25, -0.2) is 8.78 Å². The van der Waals surface area contributed by atoms with Crippen molar-refractivity contribution in [2.75, 3.05) is 5.73 Å².